The number of halogens is 4. The lowest BCUT2D eigenvalue weighted by atomic mass is 9.74. The van der Waals surface area contributed by atoms with Gasteiger partial charge in [0.1, 0.15) is 0 Å². The molecule has 0 radical (unpaired) electrons. The summed E-state index contributed by atoms with van der Waals surface area (Å²) < 4.78 is 52.3. The first-order chi connectivity index (χ1) is 14.6. The Hall–Kier alpha value is -1.32. The maximum absolute atomic E-state index is 13.5. The molecule has 2 aliphatic rings. The van der Waals surface area contributed by atoms with E-state index in [2.05, 4.69) is 6.08 Å². The number of hydrogen-bond donors (Lipinski definition) is 0. The molecule has 0 aromatic heterocycles. The number of rotatable bonds is 9. The highest BCUT2D eigenvalue weighted by atomic mass is 19.2. The van der Waals surface area contributed by atoms with Gasteiger partial charge in [-0.25, -0.2) is 13.2 Å². The van der Waals surface area contributed by atoms with Gasteiger partial charge in [0.05, 0.1) is 6.67 Å². The molecule has 0 amide bonds. The summed E-state index contributed by atoms with van der Waals surface area (Å²) >= 11 is 0. The minimum atomic E-state index is -1.37. The Labute approximate surface area is 179 Å². The van der Waals surface area contributed by atoms with Crippen LogP contribution < -0.4 is 0 Å². The minimum absolute atomic E-state index is 0.153. The zero-order chi connectivity index (χ0) is 21.3. The van der Waals surface area contributed by atoms with Gasteiger partial charge in [-0.1, -0.05) is 50.7 Å². The largest absolute Gasteiger partial charge is 0.251 e. The van der Waals surface area contributed by atoms with Gasteiger partial charge in [-0.05, 0) is 86.3 Å². The van der Waals surface area contributed by atoms with E-state index in [9.17, 15) is 17.6 Å². The van der Waals surface area contributed by atoms with Crippen molar-refractivity contribution < 1.29 is 17.6 Å². The monoisotopic (exact) mass is 424 g/mol. The van der Waals surface area contributed by atoms with E-state index in [1.54, 1.807) is 0 Å². The van der Waals surface area contributed by atoms with Crippen LogP contribution in [0.5, 0.6) is 0 Å². The molecule has 0 bridgehead atoms. The standard InChI is InChI=1S/C26H36F4/c27-16-4-2-1-3-5-19-6-8-20(9-7-19)10-11-21-12-14-22(15-13-21)23-17-24(28)26(30)25(29)18-23/h1-2,17-22H,3-16H2/b2-1+. The normalized spacial score (nSPS) is 27.6. The molecular formula is C26H36F4. The van der Waals surface area contributed by atoms with Crippen LogP contribution in [0, 0.1) is 35.2 Å². The second kappa shape index (κ2) is 11.9. The highest BCUT2D eigenvalue weighted by Crippen LogP contribution is 2.40. The lowest BCUT2D eigenvalue weighted by molar-refractivity contribution is 0.225. The molecule has 30 heavy (non-hydrogen) atoms. The molecular weight excluding hydrogens is 388 g/mol. The van der Waals surface area contributed by atoms with Crippen molar-refractivity contribution in [2.45, 2.75) is 89.4 Å². The van der Waals surface area contributed by atoms with Gasteiger partial charge in [0, 0.05) is 0 Å². The highest BCUT2D eigenvalue weighted by molar-refractivity contribution is 5.23. The molecule has 0 unspecified atom stereocenters. The number of allylic oxidation sites excluding steroid dienone is 2. The predicted octanol–water partition coefficient (Wildman–Crippen LogP) is 8.66. The van der Waals surface area contributed by atoms with Crippen LogP contribution in [-0.2, 0) is 0 Å². The van der Waals surface area contributed by atoms with Gasteiger partial charge in [-0.3, -0.25) is 4.39 Å². The van der Waals surface area contributed by atoms with Gasteiger partial charge < -0.3 is 0 Å². The van der Waals surface area contributed by atoms with Gasteiger partial charge in [-0.2, -0.15) is 0 Å². The average molecular weight is 425 g/mol. The minimum Gasteiger partial charge on any atom is -0.251 e. The maximum Gasteiger partial charge on any atom is 0.194 e. The van der Waals surface area contributed by atoms with E-state index in [1.165, 1.54) is 57.1 Å². The Bertz CT molecular complexity index is 645. The summed E-state index contributed by atoms with van der Waals surface area (Å²) in [6.07, 6.45) is 19.0. The zero-order valence-electron chi connectivity index (χ0n) is 18.0. The van der Waals surface area contributed by atoms with Crippen LogP contribution >= 0.6 is 0 Å². The molecule has 0 N–H and O–H groups in total. The van der Waals surface area contributed by atoms with Crippen molar-refractivity contribution in [2.75, 3.05) is 6.67 Å². The van der Waals surface area contributed by atoms with Crippen LogP contribution in [0.1, 0.15) is 95.0 Å². The Morgan fingerprint density at radius 3 is 1.67 bits per heavy atom. The summed E-state index contributed by atoms with van der Waals surface area (Å²) in [7, 11) is 0. The fraction of sp³-hybridized carbons (Fsp3) is 0.692. The van der Waals surface area contributed by atoms with Crippen molar-refractivity contribution in [3.8, 4) is 0 Å². The maximum atomic E-state index is 13.5. The van der Waals surface area contributed by atoms with Crippen molar-refractivity contribution >= 4 is 0 Å². The average Bonchev–Trinajstić information content (AvgIpc) is 2.77. The molecule has 0 aliphatic heterocycles. The van der Waals surface area contributed by atoms with E-state index in [0.717, 1.165) is 49.9 Å². The summed E-state index contributed by atoms with van der Waals surface area (Å²) in [6.45, 7) is -0.257. The van der Waals surface area contributed by atoms with Crippen LogP contribution in [0.15, 0.2) is 24.3 Å². The smallest absolute Gasteiger partial charge is 0.194 e. The molecule has 0 heterocycles. The van der Waals surface area contributed by atoms with Gasteiger partial charge in [0.15, 0.2) is 17.5 Å². The second-order valence-electron chi connectivity index (χ2n) is 9.51. The van der Waals surface area contributed by atoms with E-state index in [0.29, 0.717) is 12.0 Å². The van der Waals surface area contributed by atoms with Crippen molar-refractivity contribution in [3.05, 3.63) is 47.3 Å². The Morgan fingerprint density at radius 1 is 0.667 bits per heavy atom. The third kappa shape index (κ3) is 6.85. The number of benzene rings is 1. The summed E-state index contributed by atoms with van der Waals surface area (Å²) in [6, 6.07) is 2.36. The molecule has 1 aromatic rings. The van der Waals surface area contributed by atoms with Crippen LogP contribution in [0.4, 0.5) is 17.6 Å². The lowest BCUT2D eigenvalue weighted by Gasteiger charge is -2.32. The molecule has 3 rings (SSSR count). The first-order valence-electron chi connectivity index (χ1n) is 11.9. The second-order valence-corrected chi connectivity index (χ2v) is 9.51. The quantitative estimate of drug-likeness (QED) is 0.211. The molecule has 0 nitrogen and oxygen atoms in total. The topological polar surface area (TPSA) is 0 Å². The first kappa shape index (κ1) is 23.3. The third-order valence-corrected chi connectivity index (χ3v) is 7.46. The van der Waals surface area contributed by atoms with Crippen LogP contribution in [0.2, 0.25) is 0 Å². The SMILES string of the molecule is FCC/C=C/CCC1CCC(CCC2CCC(c3cc(F)c(F)c(F)c3)CC2)CC1. The number of hydrogen-bond acceptors (Lipinski definition) is 0. The molecule has 1 aromatic carbocycles. The summed E-state index contributed by atoms with van der Waals surface area (Å²) in [4.78, 5) is 0. The van der Waals surface area contributed by atoms with E-state index in [4.69, 9.17) is 0 Å². The fourth-order valence-electron chi connectivity index (χ4n) is 5.51. The highest BCUT2D eigenvalue weighted by Gasteiger charge is 2.26. The summed E-state index contributed by atoms with van der Waals surface area (Å²) in [5.41, 5.74) is 0.614. The van der Waals surface area contributed by atoms with Crippen LogP contribution in [0.25, 0.3) is 0 Å². The van der Waals surface area contributed by atoms with Crippen LogP contribution in [0.3, 0.4) is 0 Å². The Balaban J connectivity index is 1.32. The molecule has 168 valence electrons. The van der Waals surface area contributed by atoms with Crippen molar-refractivity contribution in [1.29, 1.82) is 0 Å². The van der Waals surface area contributed by atoms with Crippen molar-refractivity contribution in [3.63, 3.8) is 0 Å². The number of alkyl halides is 1. The van der Waals surface area contributed by atoms with E-state index in [1.807, 2.05) is 6.08 Å². The van der Waals surface area contributed by atoms with E-state index < -0.39 is 17.5 Å². The van der Waals surface area contributed by atoms with Crippen LogP contribution in [-0.4, -0.2) is 6.67 Å². The van der Waals surface area contributed by atoms with Gasteiger partial charge >= 0.3 is 0 Å². The predicted molar refractivity (Wildman–Crippen MR) is 115 cm³/mol. The lowest BCUT2D eigenvalue weighted by Crippen LogP contribution is -2.18. The third-order valence-electron chi connectivity index (χ3n) is 7.46. The van der Waals surface area contributed by atoms with Crippen molar-refractivity contribution in [2.24, 2.45) is 17.8 Å². The van der Waals surface area contributed by atoms with Gasteiger partial charge in [0.25, 0.3) is 0 Å². The molecule has 0 spiro atoms. The fourth-order valence-corrected chi connectivity index (χ4v) is 5.51. The Morgan fingerprint density at radius 2 is 1.13 bits per heavy atom. The molecule has 0 atom stereocenters. The molecule has 2 aliphatic carbocycles. The molecule has 4 heteroatoms. The van der Waals surface area contributed by atoms with Gasteiger partial charge in [0.2, 0.25) is 0 Å². The van der Waals surface area contributed by atoms with Crippen molar-refractivity contribution in [1.82, 2.24) is 0 Å². The first-order valence-corrected chi connectivity index (χ1v) is 11.9. The van der Waals surface area contributed by atoms with E-state index >= 15 is 0 Å². The Kier molecular flexibility index (Phi) is 9.27. The van der Waals surface area contributed by atoms with Gasteiger partial charge in [-0.15, -0.1) is 0 Å². The molecule has 2 fully saturated rings. The molecule has 0 saturated heterocycles. The summed E-state index contributed by atoms with van der Waals surface area (Å²) in [5, 5.41) is 0. The summed E-state index contributed by atoms with van der Waals surface area (Å²) in [5.74, 6) is -0.952. The molecule has 2 saturated carbocycles. The zero-order valence-corrected chi connectivity index (χ0v) is 18.0. The van der Waals surface area contributed by atoms with E-state index in [-0.39, 0.29) is 12.6 Å².